The smallest absolute Gasteiger partial charge is 0.372 e. The molecule has 98 valence electrons. The maximum atomic E-state index is 11.7. The number of rotatable bonds is 10. The first-order chi connectivity index (χ1) is 7.56. The summed E-state index contributed by atoms with van der Waals surface area (Å²) in [6, 6.07) is 0. The summed E-state index contributed by atoms with van der Waals surface area (Å²) in [5.41, 5.74) is 0. The zero-order valence-electron chi connectivity index (χ0n) is 9.70. The lowest BCUT2D eigenvalue weighted by Crippen LogP contribution is -2.24. The van der Waals surface area contributed by atoms with Gasteiger partial charge in [0.05, 0.1) is 0 Å². The molecule has 0 aliphatic carbocycles. The van der Waals surface area contributed by atoms with E-state index in [0.717, 1.165) is 26.1 Å². The SMILES string of the molecule is CCNCCCNCCCOCC(F)(F)F. The average Bonchev–Trinajstić information content (AvgIpc) is 2.19. The van der Waals surface area contributed by atoms with E-state index in [-0.39, 0.29) is 6.61 Å². The number of ether oxygens (including phenoxy) is 1. The lowest BCUT2D eigenvalue weighted by molar-refractivity contribution is -0.173. The van der Waals surface area contributed by atoms with Gasteiger partial charge in [-0.15, -0.1) is 0 Å². The number of nitrogens with one attached hydrogen (secondary N) is 2. The third-order valence-electron chi connectivity index (χ3n) is 1.87. The molecule has 0 aromatic rings. The van der Waals surface area contributed by atoms with Crippen LogP contribution in [0.5, 0.6) is 0 Å². The fourth-order valence-corrected chi connectivity index (χ4v) is 1.13. The van der Waals surface area contributed by atoms with Crippen LogP contribution in [0.15, 0.2) is 0 Å². The van der Waals surface area contributed by atoms with Crippen molar-refractivity contribution in [2.45, 2.75) is 25.9 Å². The highest BCUT2D eigenvalue weighted by Gasteiger charge is 2.26. The minimum atomic E-state index is -4.21. The standard InChI is InChI=1S/C10H21F3N2O/c1-2-14-5-3-6-15-7-4-8-16-9-10(11,12)13/h14-15H,2-9H2,1H3. The summed E-state index contributed by atoms with van der Waals surface area (Å²) in [7, 11) is 0. The Morgan fingerprint density at radius 3 is 2.25 bits per heavy atom. The molecule has 0 saturated heterocycles. The number of halogens is 3. The van der Waals surface area contributed by atoms with Crippen molar-refractivity contribution in [2.75, 3.05) is 39.4 Å². The van der Waals surface area contributed by atoms with Crippen LogP contribution in [0.3, 0.4) is 0 Å². The number of hydrogen-bond acceptors (Lipinski definition) is 3. The Morgan fingerprint density at radius 2 is 1.62 bits per heavy atom. The monoisotopic (exact) mass is 242 g/mol. The third kappa shape index (κ3) is 13.7. The van der Waals surface area contributed by atoms with Gasteiger partial charge in [-0.1, -0.05) is 6.92 Å². The molecule has 0 heterocycles. The first-order valence-electron chi connectivity index (χ1n) is 5.62. The molecule has 0 fully saturated rings. The van der Waals surface area contributed by atoms with Crippen molar-refractivity contribution in [3.8, 4) is 0 Å². The van der Waals surface area contributed by atoms with E-state index in [2.05, 4.69) is 15.4 Å². The van der Waals surface area contributed by atoms with E-state index >= 15 is 0 Å². The predicted octanol–water partition coefficient (Wildman–Crippen LogP) is 1.54. The van der Waals surface area contributed by atoms with Crippen molar-refractivity contribution in [2.24, 2.45) is 0 Å². The van der Waals surface area contributed by atoms with Crippen LogP contribution in [0, 0.1) is 0 Å². The molecule has 0 rings (SSSR count). The van der Waals surface area contributed by atoms with Crippen LogP contribution in [-0.2, 0) is 4.74 Å². The highest BCUT2D eigenvalue weighted by Crippen LogP contribution is 2.14. The Bertz CT molecular complexity index is 153. The van der Waals surface area contributed by atoms with Crippen LogP contribution in [0.1, 0.15) is 19.8 Å². The van der Waals surface area contributed by atoms with Gasteiger partial charge < -0.3 is 15.4 Å². The van der Waals surface area contributed by atoms with Gasteiger partial charge in [-0.3, -0.25) is 0 Å². The summed E-state index contributed by atoms with van der Waals surface area (Å²) in [6.07, 6.45) is -2.58. The molecule has 0 aliphatic rings. The van der Waals surface area contributed by atoms with Crippen LogP contribution in [-0.4, -0.2) is 45.6 Å². The van der Waals surface area contributed by atoms with E-state index in [1.165, 1.54) is 0 Å². The molecule has 0 amide bonds. The molecule has 16 heavy (non-hydrogen) atoms. The second kappa shape index (κ2) is 9.86. The normalized spacial score (nSPS) is 12.0. The minimum absolute atomic E-state index is 0.153. The topological polar surface area (TPSA) is 33.3 Å². The van der Waals surface area contributed by atoms with Crippen molar-refractivity contribution < 1.29 is 17.9 Å². The third-order valence-corrected chi connectivity index (χ3v) is 1.87. The zero-order valence-corrected chi connectivity index (χ0v) is 9.70. The quantitative estimate of drug-likeness (QED) is 0.570. The van der Waals surface area contributed by atoms with Crippen LogP contribution in [0.25, 0.3) is 0 Å². The average molecular weight is 242 g/mol. The van der Waals surface area contributed by atoms with Gasteiger partial charge in [0, 0.05) is 6.61 Å². The zero-order chi connectivity index (χ0) is 12.3. The molecule has 2 N–H and O–H groups in total. The summed E-state index contributed by atoms with van der Waals surface area (Å²) in [5.74, 6) is 0. The summed E-state index contributed by atoms with van der Waals surface area (Å²) >= 11 is 0. The highest BCUT2D eigenvalue weighted by molar-refractivity contribution is 4.51. The molecule has 0 atom stereocenters. The lowest BCUT2D eigenvalue weighted by Gasteiger charge is -2.08. The number of hydrogen-bond donors (Lipinski definition) is 2. The van der Waals surface area contributed by atoms with Gasteiger partial charge in [0.15, 0.2) is 0 Å². The van der Waals surface area contributed by atoms with Gasteiger partial charge in [-0.2, -0.15) is 13.2 Å². The van der Waals surface area contributed by atoms with Gasteiger partial charge in [0.1, 0.15) is 6.61 Å². The molecule has 0 aromatic heterocycles. The van der Waals surface area contributed by atoms with Gasteiger partial charge in [0.2, 0.25) is 0 Å². The summed E-state index contributed by atoms with van der Waals surface area (Å²) in [4.78, 5) is 0. The molecule has 0 aromatic carbocycles. The van der Waals surface area contributed by atoms with Crippen LogP contribution < -0.4 is 10.6 Å². The highest BCUT2D eigenvalue weighted by atomic mass is 19.4. The fraction of sp³-hybridized carbons (Fsp3) is 1.00. The Kier molecular flexibility index (Phi) is 9.66. The van der Waals surface area contributed by atoms with Crippen molar-refractivity contribution >= 4 is 0 Å². The first-order valence-corrected chi connectivity index (χ1v) is 5.62. The van der Waals surface area contributed by atoms with E-state index in [0.29, 0.717) is 13.0 Å². The first kappa shape index (κ1) is 15.7. The fourth-order valence-electron chi connectivity index (χ4n) is 1.13. The van der Waals surface area contributed by atoms with Gasteiger partial charge in [0.25, 0.3) is 0 Å². The van der Waals surface area contributed by atoms with E-state index in [1.807, 2.05) is 6.92 Å². The van der Waals surface area contributed by atoms with E-state index < -0.39 is 12.8 Å². The minimum Gasteiger partial charge on any atom is -0.372 e. The molecular weight excluding hydrogens is 221 g/mol. The maximum Gasteiger partial charge on any atom is 0.411 e. The van der Waals surface area contributed by atoms with Crippen LogP contribution in [0.4, 0.5) is 13.2 Å². The van der Waals surface area contributed by atoms with Crippen molar-refractivity contribution in [3.05, 3.63) is 0 Å². The van der Waals surface area contributed by atoms with Gasteiger partial charge in [-0.05, 0) is 39.0 Å². The van der Waals surface area contributed by atoms with Crippen LogP contribution >= 0.6 is 0 Å². The molecule has 0 spiro atoms. The largest absolute Gasteiger partial charge is 0.411 e. The van der Waals surface area contributed by atoms with Crippen LogP contribution in [0.2, 0.25) is 0 Å². The van der Waals surface area contributed by atoms with Gasteiger partial charge in [-0.25, -0.2) is 0 Å². The van der Waals surface area contributed by atoms with E-state index in [9.17, 15) is 13.2 Å². The Hall–Kier alpha value is -0.330. The lowest BCUT2D eigenvalue weighted by atomic mass is 10.4. The second-order valence-electron chi connectivity index (χ2n) is 3.48. The Balaban J connectivity index is 2.99. The van der Waals surface area contributed by atoms with Crippen molar-refractivity contribution in [3.63, 3.8) is 0 Å². The second-order valence-corrected chi connectivity index (χ2v) is 3.48. The van der Waals surface area contributed by atoms with Gasteiger partial charge >= 0.3 is 6.18 Å². The van der Waals surface area contributed by atoms with Crippen molar-refractivity contribution in [1.29, 1.82) is 0 Å². The predicted molar refractivity (Wildman–Crippen MR) is 57.5 cm³/mol. The Morgan fingerprint density at radius 1 is 1.00 bits per heavy atom. The summed E-state index contributed by atoms with van der Waals surface area (Å²) < 4.78 is 39.4. The molecule has 6 heteroatoms. The number of alkyl halides is 3. The summed E-state index contributed by atoms with van der Waals surface area (Å²) in [6.45, 7) is 4.56. The molecule has 0 bridgehead atoms. The Labute approximate surface area is 94.7 Å². The molecule has 3 nitrogen and oxygen atoms in total. The van der Waals surface area contributed by atoms with E-state index in [4.69, 9.17) is 0 Å². The van der Waals surface area contributed by atoms with E-state index in [1.54, 1.807) is 0 Å². The maximum absolute atomic E-state index is 11.7. The molecule has 0 radical (unpaired) electrons. The summed E-state index contributed by atoms with van der Waals surface area (Å²) in [5, 5.41) is 6.33. The molecule has 0 saturated carbocycles. The molecule has 0 aliphatic heterocycles. The molecular formula is C10H21F3N2O. The van der Waals surface area contributed by atoms with Crippen molar-refractivity contribution in [1.82, 2.24) is 10.6 Å². The molecule has 0 unspecified atom stereocenters.